The molecule has 0 aliphatic heterocycles. The van der Waals surface area contributed by atoms with Crippen LogP contribution in [-0.2, 0) is 11.3 Å². The standard InChI is InChI=1S/C21H23Cl2N3O2/c1-13(2)26(12-14-6-9-18(22)19(23)10-14)21(28)25-17-5-3-4-16(11-17)24-20(27)15-7-8-15/h3-6,9-11,13,15H,7-8,12H2,1-2H3,(H,24,27)(H,25,28). The van der Waals surface area contributed by atoms with Gasteiger partial charge in [-0.15, -0.1) is 0 Å². The van der Waals surface area contributed by atoms with E-state index in [1.54, 1.807) is 35.2 Å². The number of hydrogen-bond donors (Lipinski definition) is 2. The third-order valence-corrected chi connectivity index (χ3v) is 5.29. The van der Waals surface area contributed by atoms with Crippen LogP contribution in [0.2, 0.25) is 10.0 Å². The van der Waals surface area contributed by atoms with Crippen LogP contribution in [0, 0.1) is 5.92 Å². The molecule has 28 heavy (non-hydrogen) atoms. The van der Waals surface area contributed by atoms with Gasteiger partial charge in [-0.1, -0.05) is 35.3 Å². The molecule has 2 N–H and O–H groups in total. The monoisotopic (exact) mass is 419 g/mol. The zero-order valence-corrected chi connectivity index (χ0v) is 17.3. The summed E-state index contributed by atoms with van der Waals surface area (Å²) < 4.78 is 0. The number of benzene rings is 2. The topological polar surface area (TPSA) is 61.4 Å². The van der Waals surface area contributed by atoms with Crippen LogP contribution in [0.1, 0.15) is 32.3 Å². The van der Waals surface area contributed by atoms with Gasteiger partial charge in [0, 0.05) is 29.9 Å². The van der Waals surface area contributed by atoms with Crippen molar-refractivity contribution in [3.05, 3.63) is 58.1 Å². The van der Waals surface area contributed by atoms with E-state index < -0.39 is 0 Å². The van der Waals surface area contributed by atoms with Crippen molar-refractivity contribution in [2.45, 2.75) is 39.3 Å². The van der Waals surface area contributed by atoms with Gasteiger partial charge < -0.3 is 15.5 Å². The molecule has 1 fully saturated rings. The summed E-state index contributed by atoms with van der Waals surface area (Å²) in [6, 6.07) is 12.3. The minimum Gasteiger partial charge on any atom is -0.326 e. The molecule has 1 aliphatic carbocycles. The molecule has 5 nitrogen and oxygen atoms in total. The van der Waals surface area contributed by atoms with Crippen LogP contribution in [0.4, 0.5) is 16.2 Å². The van der Waals surface area contributed by atoms with E-state index in [0.717, 1.165) is 18.4 Å². The highest BCUT2D eigenvalue weighted by atomic mass is 35.5. The van der Waals surface area contributed by atoms with Crippen molar-refractivity contribution in [2.24, 2.45) is 5.92 Å². The summed E-state index contributed by atoms with van der Waals surface area (Å²) in [6.45, 7) is 4.30. The number of nitrogens with zero attached hydrogens (tertiary/aromatic N) is 1. The van der Waals surface area contributed by atoms with Gasteiger partial charge in [0.15, 0.2) is 0 Å². The highest BCUT2D eigenvalue weighted by Gasteiger charge is 2.29. The van der Waals surface area contributed by atoms with Crippen molar-refractivity contribution in [3.8, 4) is 0 Å². The Morgan fingerprint density at radius 2 is 1.71 bits per heavy atom. The summed E-state index contributed by atoms with van der Waals surface area (Å²) in [4.78, 5) is 26.5. The molecule has 148 valence electrons. The predicted octanol–water partition coefficient (Wildman–Crippen LogP) is 5.78. The Kier molecular flexibility index (Phi) is 6.47. The van der Waals surface area contributed by atoms with Crippen molar-refractivity contribution >= 4 is 46.5 Å². The number of halogens is 2. The summed E-state index contributed by atoms with van der Waals surface area (Å²) in [5.41, 5.74) is 2.19. The SMILES string of the molecule is CC(C)N(Cc1ccc(Cl)c(Cl)c1)C(=O)Nc1cccc(NC(=O)C2CC2)c1. The van der Waals surface area contributed by atoms with Crippen molar-refractivity contribution in [2.75, 3.05) is 10.6 Å². The summed E-state index contributed by atoms with van der Waals surface area (Å²) >= 11 is 12.1. The molecule has 1 saturated carbocycles. The van der Waals surface area contributed by atoms with Crippen LogP contribution in [0.25, 0.3) is 0 Å². The second-order valence-corrected chi connectivity index (χ2v) is 8.06. The Bertz CT molecular complexity index is 882. The highest BCUT2D eigenvalue weighted by Crippen LogP contribution is 2.30. The molecule has 0 bridgehead atoms. The molecular weight excluding hydrogens is 397 g/mol. The molecule has 3 rings (SSSR count). The van der Waals surface area contributed by atoms with Gasteiger partial charge >= 0.3 is 6.03 Å². The number of carbonyl (C=O) groups is 2. The first-order chi connectivity index (χ1) is 13.3. The maximum atomic E-state index is 12.8. The van der Waals surface area contributed by atoms with E-state index in [4.69, 9.17) is 23.2 Å². The lowest BCUT2D eigenvalue weighted by Crippen LogP contribution is -2.39. The Hall–Kier alpha value is -2.24. The summed E-state index contributed by atoms with van der Waals surface area (Å²) in [6.07, 6.45) is 1.89. The third kappa shape index (κ3) is 5.40. The second-order valence-electron chi connectivity index (χ2n) is 7.24. The Labute approximate surface area is 175 Å². The van der Waals surface area contributed by atoms with Gasteiger partial charge in [0.2, 0.25) is 5.91 Å². The van der Waals surface area contributed by atoms with Crippen LogP contribution in [-0.4, -0.2) is 22.9 Å². The van der Waals surface area contributed by atoms with Crippen LogP contribution in [0.5, 0.6) is 0 Å². The van der Waals surface area contributed by atoms with E-state index in [9.17, 15) is 9.59 Å². The molecule has 0 saturated heterocycles. The van der Waals surface area contributed by atoms with Gasteiger partial charge in [-0.25, -0.2) is 4.79 Å². The van der Waals surface area contributed by atoms with Crippen molar-refractivity contribution in [3.63, 3.8) is 0 Å². The zero-order chi connectivity index (χ0) is 20.3. The molecular formula is C21H23Cl2N3O2. The Balaban J connectivity index is 1.68. The number of amides is 3. The summed E-state index contributed by atoms with van der Waals surface area (Å²) in [5, 5.41) is 6.74. The summed E-state index contributed by atoms with van der Waals surface area (Å²) in [5.74, 6) is 0.160. The normalized spacial score (nSPS) is 13.3. The van der Waals surface area contributed by atoms with Crippen LogP contribution in [0.3, 0.4) is 0 Å². The number of hydrogen-bond acceptors (Lipinski definition) is 2. The van der Waals surface area contributed by atoms with E-state index in [0.29, 0.717) is 28.0 Å². The van der Waals surface area contributed by atoms with Crippen LogP contribution < -0.4 is 10.6 Å². The number of carbonyl (C=O) groups excluding carboxylic acids is 2. The molecule has 0 aromatic heterocycles. The lowest BCUT2D eigenvalue weighted by Gasteiger charge is -2.27. The average molecular weight is 420 g/mol. The lowest BCUT2D eigenvalue weighted by atomic mass is 10.2. The fourth-order valence-corrected chi connectivity index (χ4v) is 3.10. The molecule has 2 aromatic rings. The van der Waals surface area contributed by atoms with Crippen LogP contribution >= 0.6 is 23.2 Å². The quantitative estimate of drug-likeness (QED) is 0.622. The Morgan fingerprint density at radius 3 is 2.32 bits per heavy atom. The fourth-order valence-electron chi connectivity index (χ4n) is 2.78. The van der Waals surface area contributed by atoms with Gasteiger partial charge in [0.05, 0.1) is 10.0 Å². The van der Waals surface area contributed by atoms with E-state index >= 15 is 0 Å². The van der Waals surface area contributed by atoms with Crippen molar-refractivity contribution < 1.29 is 9.59 Å². The van der Waals surface area contributed by atoms with Gasteiger partial charge in [0.25, 0.3) is 0 Å². The van der Waals surface area contributed by atoms with E-state index in [-0.39, 0.29) is 23.9 Å². The molecule has 1 aliphatic rings. The molecule has 0 radical (unpaired) electrons. The first-order valence-electron chi connectivity index (χ1n) is 9.26. The first kappa shape index (κ1) is 20.5. The zero-order valence-electron chi connectivity index (χ0n) is 15.8. The first-order valence-corrected chi connectivity index (χ1v) is 10.0. The molecule has 0 heterocycles. The molecule has 0 atom stereocenters. The molecule has 2 aromatic carbocycles. The van der Waals surface area contributed by atoms with Gasteiger partial charge in [-0.3, -0.25) is 4.79 Å². The van der Waals surface area contributed by atoms with Crippen LogP contribution in [0.15, 0.2) is 42.5 Å². The number of rotatable bonds is 6. The molecule has 7 heteroatoms. The smallest absolute Gasteiger partial charge is 0.322 e. The molecule has 0 unspecified atom stereocenters. The largest absolute Gasteiger partial charge is 0.326 e. The minimum absolute atomic E-state index is 0.0211. The Morgan fingerprint density at radius 1 is 1.04 bits per heavy atom. The average Bonchev–Trinajstić information content (AvgIpc) is 3.47. The fraction of sp³-hybridized carbons (Fsp3) is 0.333. The lowest BCUT2D eigenvalue weighted by molar-refractivity contribution is -0.117. The van der Waals surface area contributed by atoms with Gasteiger partial charge in [-0.05, 0) is 62.6 Å². The minimum atomic E-state index is -0.230. The van der Waals surface area contributed by atoms with Gasteiger partial charge in [-0.2, -0.15) is 0 Å². The third-order valence-electron chi connectivity index (χ3n) is 4.55. The molecule has 0 spiro atoms. The molecule has 3 amide bonds. The van der Waals surface area contributed by atoms with Crippen molar-refractivity contribution in [1.29, 1.82) is 0 Å². The number of anilines is 2. The van der Waals surface area contributed by atoms with Gasteiger partial charge in [0.1, 0.15) is 0 Å². The van der Waals surface area contributed by atoms with E-state index in [1.807, 2.05) is 26.0 Å². The number of nitrogens with one attached hydrogen (secondary N) is 2. The number of urea groups is 1. The maximum absolute atomic E-state index is 12.8. The van der Waals surface area contributed by atoms with Crippen molar-refractivity contribution in [1.82, 2.24) is 4.90 Å². The highest BCUT2D eigenvalue weighted by molar-refractivity contribution is 6.42. The van der Waals surface area contributed by atoms with E-state index in [1.165, 1.54) is 0 Å². The predicted molar refractivity (Wildman–Crippen MR) is 114 cm³/mol. The van der Waals surface area contributed by atoms with E-state index in [2.05, 4.69) is 10.6 Å². The second kappa shape index (κ2) is 8.84. The summed E-state index contributed by atoms with van der Waals surface area (Å²) in [7, 11) is 0. The maximum Gasteiger partial charge on any atom is 0.322 e.